The first-order valence-corrected chi connectivity index (χ1v) is 4.23. The zero-order valence-electron chi connectivity index (χ0n) is 6.79. The molecule has 4 heteroatoms. The number of hydrogen-bond donors (Lipinski definition) is 1. The van der Waals surface area contributed by atoms with Crippen LogP contribution in [0.15, 0.2) is 5.38 Å². The van der Waals surface area contributed by atoms with Gasteiger partial charge in [-0.05, 0) is 6.92 Å². The molecule has 0 amide bonds. The molecular formula is C7H11NO2S. The van der Waals surface area contributed by atoms with Gasteiger partial charge in [-0.15, -0.1) is 11.3 Å². The second kappa shape index (κ2) is 4.85. The summed E-state index contributed by atoms with van der Waals surface area (Å²) in [6, 6.07) is 0. The monoisotopic (exact) mass is 173 g/mol. The van der Waals surface area contributed by atoms with Crippen LogP contribution < -0.4 is 0 Å². The lowest BCUT2D eigenvalue weighted by Gasteiger charge is -1.79. The molecule has 62 valence electrons. The lowest BCUT2D eigenvalue weighted by Crippen LogP contribution is -1.93. The summed E-state index contributed by atoms with van der Waals surface area (Å²) in [4.78, 5) is 13.9. The van der Waals surface area contributed by atoms with Crippen molar-refractivity contribution in [2.24, 2.45) is 0 Å². The Bertz CT molecular complexity index is 232. The van der Waals surface area contributed by atoms with E-state index < -0.39 is 5.97 Å². The Kier molecular flexibility index (Phi) is 4.45. The van der Waals surface area contributed by atoms with Gasteiger partial charge in [-0.25, -0.2) is 9.78 Å². The predicted molar refractivity (Wildman–Crippen MR) is 45.2 cm³/mol. The molecule has 1 rings (SSSR count). The van der Waals surface area contributed by atoms with Gasteiger partial charge in [0.25, 0.3) is 0 Å². The lowest BCUT2D eigenvalue weighted by molar-refractivity contribution is 0.0696. The standard InChI is InChI=1S/C5H5NO2S.C2H6/c1-3-2-9-4(6-3)5(7)8;1-2/h2H,1H3,(H,7,8);1-2H3. The van der Waals surface area contributed by atoms with Crippen LogP contribution in [-0.4, -0.2) is 16.1 Å². The number of aromatic carboxylic acids is 1. The molecule has 0 saturated heterocycles. The van der Waals surface area contributed by atoms with Crippen molar-refractivity contribution in [1.82, 2.24) is 4.98 Å². The van der Waals surface area contributed by atoms with Gasteiger partial charge in [-0.2, -0.15) is 0 Å². The lowest BCUT2D eigenvalue weighted by atomic mass is 10.6. The van der Waals surface area contributed by atoms with Crippen LogP contribution in [0.5, 0.6) is 0 Å². The van der Waals surface area contributed by atoms with Gasteiger partial charge in [-0.1, -0.05) is 13.8 Å². The highest BCUT2D eigenvalue weighted by molar-refractivity contribution is 7.11. The second-order valence-corrected chi connectivity index (χ2v) is 2.46. The van der Waals surface area contributed by atoms with Crippen molar-refractivity contribution in [3.63, 3.8) is 0 Å². The summed E-state index contributed by atoms with van der Waals surface area (Å²) >= 11 is 1.15. The van der Waals surface area contributed by atoms with Gasteiger partial charge in [0.05, 0.1) is 0 Å². The number of aryl methyl sites for hydroxylation is 1. The molecule has 0 unspecified atom stereocenters. The maximum absolute atomic E-state index is 10.2. The van der Waals surface area contributed by atoms with Crippen LogP contribution >= 0.6 is 11.3 Å². The van der Waals surface area contributed by atoms with E-state index in [0.29, 0.717) is 0 Å². The number of carboxylic acids is 1. The zero-order valence-corrected chi connectivity index (χ0v) is 7.60. The molecule has 0 radical (unpaired) electrons. The summed E-state index contributed by atoms with van der Waals surface area (Å²) < 4.78 is 0. The molecule has 11 heavy (non-hydrogen) atoms. The van der Waals surface area contributed by atoms with E-state index >= 15 is 0 Å². The Morgan fingerprint density at radius 3 is 2.36 bits per heavy atom. The summed E-state index contributed by atoms with van der Waals surface area (Å²) in [5.41, 5.74) is 0.761. The normalized spacial score (nSPS) is 8.27. The number of hydrogen-bond acceptors (Lipinski definition) is 3. The third kappa shape index (κ3) is 3.13. The number of carbonyl (C=O) groups is 1. The van der Waals surface area contributed by atoms with Crippen molar-refractivity contribution >= 4 is 17.3 Å². The molecule has 0 aromatic carbocycles. The molecule has 0 aliphatic heterocycles. The van der Waals surface area contributed by atoms with E-state index in [2.05, 4.69) is 4.98 Å². The summed E-state index contributed by atoms with van der Waals surface area (Å²) in [6.45, 7) is 5.77. The van der Waals surface area contributed by atoms with Crippen LogP contribution in [0.4, 0.5) is 0 Å². The Balaban J connectivity index is 0.000000461. The van der Waals surface area contributed by atoms with Crippen LogP contribution in [0.25, 0.3) is 0 Å². The number of rotatable bonds is 1. The van der Waals surface area contributed by atoms with Crippen molar-refractivity contribution in [3.05, 3.63) is 16.1 Å². The third-order valence-corrected chi connectivity index (χ3v) is 1.75. The topological polar surface area (TPSA) is 50.2 Å². The van der Waals surface area contributed by atoms with Gasteiger partial charge in [0, 0.05) is 11.1 Å². The molecule has 0 atom stereocenters. The van der Waals surface area contributed by atoms with Crippen molar-refractivity contribution in [2.45, 2.75) is 20.8 Å². The molecule has 0 saturated carbocycles. The van der Waals surface area contributed by atoms with E-state index in [-0.39, 0.29) is 5.01 Å². The van der Waals surface area contributed by atoms with Crippen LogP contribution in [0.1, 0.15) is 29.3 Å². The molecular weight excluding hydrogens is 162 g/mol. The van der Waals surface area contributed by atoms with Crippen molar-refractivity contribution in [1.29, 1.82) is 0 Å². The molecule has 1 heterocycles. The van der Waals surface area contributed by atoms with Crippen LogP contribution in [-0.2, 0) is 0 Å². The smallest absolute Gasteiger partial charge is 0.365 e. The van der Waals surface area contributed by atoms with Gasteiger partial charge in [0.2, 0.25) is 5.01 Å². The van der Waals surface area contributed by atoms with Gasteiger partial charge in [-0.3, -0.25) is 0 Å². The van der Waals surface area contributed by atoms with Crippen molar-refractivity contribution in [3.8, 4) is 0 Å². The van der Waals surface area contributed by atoms with Crippen LogP contribution in [0.2, 0.25) is 0 Å². The summed E-state index contributed by atoms with van der Waals surface area (Å²) in [7, 11) is 0. The molecule has 0 aliphatic carbocycles. The van der Waals surface area contributed by atoms with Gasteiger partial charge >= 0.3 is 5.97 Å². The average Bonchev–Trinajstić information content (AvgIpc) is 2.40. The first-order valence-electron chi connectivity index (χ1n) is 3.35. The van der Waals surface area contributed by atoms with E-state index in [4.69, 9.17) is 5.11 Å². The van der Waals surface area contributed by atoms with Crippen LogP contribution in [0, 0.1) is 6.92 Å². The van der Waals surface area contributed by atoms with E-state index in [1.54, 1.807) is 12.3 Å². The Morgan fingerprint density at radius 2 is 2.18 bits per heavy atom. The van der Waals surface area contributed by atoms with Gasteiger partial charge in [0.15, 0.2) is 0 Å². The second-order valence-electron chi connectivity index (χ2n) is 1.60. The molecule has 0 spiro atoms. The minimum Gasteiger partial charge on any atom is -0.476 e. The van der Waals surface area contributed by atoms with E-state index in [0.717, 1.165) is 17.0 Å². The summed E-state index contributed by atoms with van der Waals surface area (Å²) in [5.74, 6) is -0.951. The third-order valence-electron chi connectivity index (χ3n) is 0.802. The van der Waals surface area contributed by atoms with Gasteiger partial charge in [0.1, 0.15) is 0 Å². The molecule has 1 aromatic rings. The summed E-state index contributed by atoms with van der Waals surface area (Å²) in [6.07, 6.45) is 0. The molecule has 0 fully saturated rings. The maximum Gasteiger partial charge on any atom is 0.365 e. The highest BCUT2D eigenvalue weighted by atomic mass is 32.1. The highest BCUT2D eigenvalue weighted by Crippen LogP contribution is 2.07. The Hall–Kier alpha value is -0.900. The molecule has 0 bridgehead atoms. The number of nitrogens with zero attached hydrogens (tertiary/aromatic N) is 1. The van der Waals surface area contributed by atoms with E-state index in [1.807, 2.05) is 13.8 Å². The van der Waals surface area contributed by atoms with Crippen molar-refractivity contribution < 1.29 is 9.90 Å². The Morgan fingerprint density at radius 1 is 1.64 bits per heavy atom. The minimum absolute atomic E-state index is 0.160. The largest absolute Gasteiger partial charge is 0.476 e. The highest BCUT2D eigenvalue weighted by Gasteiger charge is 2.04. The maximum atomic E-state index is 10.2. The predicted octanol–water partition coefficient (Wildman–Crippen LogP) is 2.18. The fraction of sp³-hybridized carbons (Fsp3) is 0.429. The molecule has 3 nitrogen and oxygen atoms in total. The fourth-order valence-corrected chi connectivity index (χ4v) is 1.08. The van der Waals surface area contributed by atoms with E-state index in [1.165, 1.54) is 0 Å². The fourth-order valence-electron chi connectivity index (χ4n) is 0.452. The number of carboxylic acid groups (broad SMARTS) is 1. The first kappa shape index (κ1) is 10.1. The quantitative estimate of drug-likeness (QED) is 0.708. The minimum atomic E-state index is -0.951. The Labute approximate surface area is 69.7 Å². The van der Waals surface area contributed by atoms with Gasteiger partial charge < -0.3 is 5.11 Å². The molecule has 1 N–H and O–H groups in total. The van der Waals surface area contributed by atoms with Crippen molar-refractivity contribution in [2.75, 3.05) is 0 Å². The number of thiazole rings is 1. The first-order chi connectivity index (χ1) is 5.20. The molecule has 1 aromatic heterocycles. The average molecular weight is 173 g/mol. The number of aromatic nitrogens is 1. The summed E-state index contributed by atoms with van der Waals surface area (Å²) in [5, 5.41) is 10.2. The zero-order chi connectivity index (χ0) is 8.85. The molecule has 0 aliphatic rings. The SMILES string of the molecule is CC.Cc1csc(C(=O)O)n1. The van der Waals surface area contributed by atoms with Crippen LogP contribution in [0.3, 0.4) is 0 Å². The van der Waals surface area contributed by atoms with E-state index in [9.17, 15) is 4.79 Å².